The molecule has 4 heteroatoms. The van der Waals surface area contributed by atoms with Gasteiger partial charge in [0.15, 0.2) is 0 Å². The monoisotopic (exact) mass is 238 g/mol. The van der Waals surface area contributed by atoms with Crippen LogP contribution in [0.4, 0.5) is 0 Å². The van der Waals surface area contributed by atoms with Crippen molar-refractivity contribution in [1.82, 2.24) is 14.9 Å². The third-order valence-corrected chi connectivity index (χ3v) is 3.23. The van der Waals surface area contributed by atoms with E-state index in [1.165, 1.54) is 12.8 Å². The first kappa shape index (κ1) is 14.2. The molecule has 0 saturated carbocycles. The summed E-state index contributed by atoms with van der Waals surface area (Å²) in [6.07, 6.45) is 8.10. The van der Waals surface area contributed by atoms with Crippen molar-refractivity contribution in [2.45, 2.75) is 33.2 Å². The zero-order chi connectivity index (χ0) is 12.5. The molecule has 0 aliphatic rings. The first-order chi connectivity index (χ1) is 8.24. The number of rotatable bonds is 9. The lowest BCUT2D eigenvalue weighted by atomic mass is 9.96. The molecule has 0 aliphatic heterocycles. The van der Waals surface area contributed by atoms with Gasteiger partial charge in [-0.2, -0.15) is 0 Å². The molecule has 3 N–H and O–H groups in total. The Labute approximate surface area is 105 Å². The van der Waals surface area contributed by atoms with Crippen molar-refractivity contribution >= 4 is 0 Å². The zero-order valence-corrected chi connectivity index (χ0v) is 11.1. The summed E-state index contributed by atoms with van der Waals surface area (Å²) in [6.45, 7) is 8.43. The van der Waals surface area contributed by atoms with Crippen molar-refractivity contribution in [1.29, 1.82) is 0 Å². The fourth-order valence-corrected chi connectivity index (χ4v) is 1.84. The summed E-state index contributed by atoms with van der Waals surface area (Å²) in [4.78, 5) is 4.02. The summed E-state index contributed by atoms with van der Waals surface area (Å²) in [6, 6.07) is 0. The van der Waals surface area contributed by atoms with Crippen molar-refractivity contribution in [3.05, 3.63) is 18.7 Å². The number of nitrogens with two attached hydrogens (primary N) is 1. The summed E-state index contributed by atoms with van der Waals surface area (Å²) in [5.74, 6) is 1.27. The van der Waals surface area contributed by atoms with Gasteiger partial charge in [0.2, 0.25) is 0 Å². The van der Waals surface area contributed by atoms with Crippen LogP contribution < -0.4 is 11.1 Å². The molecule has 0 spiro atoms. The second-order valence-corrected chi connectivity index (χ2v) is 4.95. The third kappa shape index (κ3) is 5.84. The van der Waals surface area contributed by atoms with E-state index in [2.05, 4.69) is 28.7 Å². The molecule has 0 radical (unpaired) electrons. The largest absolute Gasteiger partial charge is 0.337 e. The molecule has 1 rings (SSSR count). The van der Waals surface area contributed by atoms with Crippen molar-refractivity contribution in [2.75, 3.05) is 19.6 Å². The fraction of sp³-hybridized carbons (Fsp3) is 0.769. The number of aromatic nitrogens is 2. The van der Waals surface area contributed by atoms with E-state index in [4.69, 9.17) is 5.73 Å². The molecule has 1 aromatic rings. The van der Waals surface area contributed by atoms with Crippen LogP contribution in [0.2, 0.25) is 0 Å². The standard InChI is InChI=1S/C13H26N4/c1-12(2)13(9-14)10-15-5-3-4-7-17-8-6-16-11-17/h6,8,11-13,15H,3-5,7,9-10,14H2,1-2H3. The number of hydrogen-bond donors (Lipinski definition) is 2. The minimum absolute atomic E-state index is 0.601. The van der Waals surface area contributed by atoms with Crippen LogP contribution in [-0.2, 0) is 6.54 Å². The van der Waals surface area contributed by atoms with Crippen molar-refractivity contribution in [2.24, 2.45) is 17.6 Å². The second-order valence-electron chi connectivity index (χ2n) is 4.95. The minimum Gasteiger partial charge on any atom is -0.337 e. The maximum absolute atomic E-state index is 5.73. The SMILES string of the molecule is CC(C)C(CN)CNCCCCn1ccnc1. The van der Waals surface area contributed by atoms with Gasteiger partial charge in [-0.1, -0.05) is 13.8 Å². The Hall–Kier alpha value is -0.870. The molecular weight excluding hydrogens is 212 g/mol. The first-order valence-electron chi connectivity index (χ1n) is 6.60. The van der Waals surface area contributed by atoms with Crippen LogP contribution in [0.3, 0.4) is 0 Å². The van der Waals surface area contributed by atoms with Gasteiger partial charge in [-0.15, -0.1) is 0 Å². The highest BCUT2D eigenvalue weighted by atomic mass is 15.0. The molecule has 1 aromatic heterocycles. The van der Waals surface area contributed by atoms with E-state index in [1.807, 2.05) is 18.7 Å². The quantitative estimate of drug-likeness (QED) is 0.641. The summed E-state index contributed by atoms with van der Waals surface area (Å²) < 4.78 is 2.12. The molecule has 1 unspecified atom stereocenters. The highest BCUT2D eigenvalue weighted by Crippen LogP contribution is 2.07. The Balaban J connectivity index is 1.97. The lowest BCUT2D eigenvalue weighted by molar-refractivity contribution is 0.369. The van der Waals surface area contributed by atoms with Gasteiger partial charge in [-0.25, -0.2) is 4.98 Å². The predicted octanol–water partition coefficient (Wildman–Crippen LogP) is 1.48. The van der Waals surface area contributed by atoms with Gasteiger partial charge in [0, 0.05) is 18.9 Å². The van der Waals surface area contributed by atoms with Crippen LogP contribution in [0.25, 0.3) is 0 Å². The third-order valence-electron chi connectivity index (χ3n) is 3.23. The molecule has 4 nitrogen and oxygen atoms in total. The van der Waals surface area contributed by atoms with E-state index in [1.54, 1.807) is 0 Å². The highest BCUT2D eigenvalue weighted by molar-refractivity contribution is 4.73. The maximum Gasteiger partial charge on any atom is 0.0945 e. The average Bonchev–Trinajstić information content (AvgIpc) is 2.80. The van der Waals surface area contributed by atoms with Gasteiger partial charge in [-0.05, 0) is 44.3 Å². The van der Waals surface area contributed by atoms with Crippen molar-refractivity contribution < 1.29 is 0 Å². The average molecular weight is 238 g/mol. The first-order valence-corrected chi connectivity index (χ1v) is 6.60. The van der Waals surface area contributed by atoms with E-state index in [0.29, 0.717) is 11.8 Å². The van der Waals surface area contributed by atoms with Crippen LogP contribution in [0, 0.1) is 11.8 Å². The van der Waals surface area contributed by atoms with E-state index in [9.17, 15) is 0 Å². The van der Waals surface area contributed by atoms with E-state index < -0.39 is 0 Å². The number of imidazole rings is 1. The lowest BCUT2D eigenvalue weighted by Crippen LogP contribution is -2.32. The molecule has 1 atom stereocenters. The Morgan fingerprint density at radius 1 is 1.35 bits per heavy atom. The number of unbranched alkanes of at least 4 members (excludes halogenated alkanes) is 1. The van der Waals surface area contributed by atoms with Crippen LogP contribution in [0.1, 0.15) is 26.7 Å². The van der Waals surface area contributed by atoms with Gasteiger partial charge in [0.1, 0.15) is 0 Å². The van der Waals surface area contributed by atoms with E-state index in [-0.39, 0.29) is 0 Å². The summed E-state index contributed by atoms with van der Waals surface area (Å²) in [5.41, 5.74) is 5.73. The molecule has 0 aromatic carbocycles. The topological polar surface area (TPSA) is 55.9 Å². The molecule has 1 heterocycles. The second kappa shape index (κ2) is 8.25. The number of hydrogen-bond acceptors (Lipinski definition) is 3. The summed E-state index contributed by atoms with van der Waals surface area (Å²) in [7, 11) is 0. The Bertz CT molecular complexity index is 269. The zero-order valence-electron chi connectivity index (χ0n) is 11.1. The summed E-state index contributed by atoms with van der Waals surface area (Å²) in [5, 5.41) is 3.49. The summed E-state index contributed by atoms with van der Waals surface area (Å²) >= 11 is 0. The molecule has 0 saturated heterocycles. The van der Waals surface area contributed by atoms with Gasteiger partial charge >= 0.3 is 0 Å². The van der Waals surface area contributed by atoms with Crippen LogP contribution >= 0.6 is 0 Å². The Morgan fingerprint density at radius 2 is 2.18 bits per heavy atom. The Kier molecular flexibility index (Phi) is 6.89. The number of nitrogens with one attached hydrogen (secondary N) is 1. The molecule has 0 fully saturated rings. The molecule has 98 valence electrons. The van der Waals surface area contributed by atoms with Crippen molar-refractivity contribution in [3.8, 4) is 0 Å². The van der Waals surface area contributed by atoms with Crippen LogP contribution in [0.5, 0.6) is 0 Å². The van der Waals surface area contributed by atoms with Gasteiger partial charge < -0.3 is 15.6 Å². The molecule has 17 heavy (non-hydrogen) atoms. The molecule has 0 aliphatic carbocycles. The van der Waals surface area contributed by atoms with Crippen LogP contribution in [-0.4, -0.2) is 29.2 Å². The normalized spacial score (nSPS) is 13.2. The molecular formula is C13H26N4. The van der Waals surface area contributed by atoms with Gasteiger partial charge in [0.05, 0.1) is 6.33 Å². The minimum atomic E-state index is 0.601. The predicted molar refractivity (Wildman–Crippen MR) is 71.7 cm³/mol. The highest BCUT2D eigenvalue weighted by Gasteiger charge is 2.09. The maximum atomic E-state index is 5.73. The molecule has 0 amide bonds. The van der Waals surface area contributed by atoms with E-state index >= 15 is 0 Å². The number of nitrogens with zero attached hydrogens (tertiary/aromatic N) is 2. The van der Waals surface area contributed by atoms with Crippen LogP contribution in [0.15, 0.2) is 18.7 Å². The van der Waals surface area contributed by atoms with Gasteiger partial charge in [0.25, 0.3) is 0 Å². The smallest absolute Gasteiger partial charge is 0.0945 e. The van der Waals surface area contributed by atoms with Crippen molar-refractivity contribution in [3.63, 3.8) is 0 Å². The molecule has 0 bridgehead atoms. The Morgan fingerprint density at radius 3 is 2.76 bits per heavy atom. The van der Waals surface area contributed by atoms with E-state index in [0.717, 1.165) is 26.2 Å². The lowest BCUT2D eigenvalue weighted by Gasteiger charge is -2.19. The van der Waals surface area contributed by atoms with Gasteiger partial charge in [-0.3, -0.25) is 0 Å². The number of aryl methyl sites for hydroxylation is 1. The fourth-order valence-electron chi connectivity index (χ4n) is 1.84.